The van der Waals surface area contributed by atoms with Gasteiger partial charge in [0.1, 0.15) is 5.75 Å². The standard InChI is InChI=1S/C11H16OS3/c1-6-9(13-3)7(2)11(15-5)8(12)10(6)14-4/h12H,1-5H3. The van der Waals surface area contributed by atoms with Gasteiger partial charge in [0.25, 0.3) is 0 Å². The maximum atomic E-state index is 10.1. The minimum absolute atomic E-state index is 0.447. The lowest BCUT2D eigenvalue weighted by molar-refractivity contribution is 0.445. The second-order valence-corrected chi connectivity index (χ2v) is 5.65. The van der Waals surface area contributed by atoms with Crippen LogP contribution in [-0.4, -0.2) is 23.9 Å². The van der Waals surface area contributed by atoms with E-state index in [1.165, 1.54) is 16.0 Å². The highest BCUT2D eigenvalue weighted by molar-refractivity contribution is 8.00. The number of phenolic OH excluding ortho intramolecular Hbond substituents is 1. The predicted octanol–water partition coefficient (Wildman–Crippen LogP) is 4.17. The minimum Gasteiger partial charge on any atom is -0.506 e. The van der Waals surface area contributed by atoms with Crippen LogP contribution in [0, 0.1) is 13.8 Å². The third kappa shape index (κ3) is 2.27. The third-order valence-electron chi connectivity index (χ3n) is 2.40. The van der Waals surface area contributed by atoms with Gasteiger partial charge in [-0.15, -0.1) is 35.3 Å². The molecule has 1 rings (SSSR count). The van der Waals surface area contributed by atoms with E-state index in [2.05, 4.69) is 20.1 Å². The van der Waals surface area contributed by atoms with Crippen molar-refractivity contribution in [2.45, 2.75) is 28.5 Å². The second-order valence-electron chi connectivity index (χ2n) is 3.20. The van der Waals surface area contributed by atoms with Crippen LogP contribution in [0.2, 0.25) is 0 Å². The molecule has 0 radical (unpaired) electrons. The lowest BCUT2D eigenvalue weighted by Crippen LogP contribution is -1.93. The van der Waals surface area contributed by atoms with Crippen LogP contribution in [0.3, 0.4) is 0 Å². The predicted molar refractivity (Wildman–Crippen MR) is 72.9 cm³/mol. The lowest BCUT2D eigenvalue weighted by atomic mass is 10.1. The zero-order valence-electron chi connectivity index (χ0n) is 9.67. The molecule has 1 N–H and O–H groups in total. The lowest BCUT2D eigenvalue weighted by Gasteiger charge is -2.17. The summed E-state index contributed by atoms with van der Waals surface area (Å²) in [6.07, 6.45) is 6.10. The maximum absolute atomic E-state index is 10.1. The molecule has 0 aliphatic heterocycles. The molecule has 0 saturated heterocycles. The largest absolute Gasteiger partial charge is 0.506 e. The summed E-state index contributed by atoms with van der Waals surface area (Å²) in [7, 11) is 0. The van der Waals surface area contributed by atoms with Crippen LogP contribution in [-0.2, 0) is 0 Å². The molecule has 4 heteroatoms. The van der Waals surface area contributed by atoms with E-state index in [9.17, 15) is 5.11 Å². The highest BCUT2D eigenvalue weighted by atomic mass is 32.2. The normalized spacial score (nSPS) is 10.7. The van der Waals surface area contributed by atoms with Gasteiger partial charge in [-0.1, -0.05) is 0 Å². The molecule has 15 heavy (non-hydrogen) atoms. The average molecular weight is 260 g/mol. The van der Waals surface area contributed by atoms with Crippen molar-refractivity contribution < 1.29 is 5.11 Å². The summed E-state index contributed by atoms with van der Waals surface area (Å²) >= 11 is 4.98. The highest BCUT2D eigenvalue weighted by Gasteiger charge is 2.17. The average Bonchev–Trinajstić information content (AvgIpc) is 2.19. The molecule has 0 aromatic heterocycles. The maximum Gasteiger partial charge on any atom is 0.143 e. The first-order chi connectivity index (χ1) is 7.08. The van der Waals surface area contributed by atoms with Crippen LogP contribution in [0.5, 0.6) is 5.75 Å². The molecule has 0 saturated carbocycles. The fraction of sp³-hybridized carbons (Fsp3) is 0.455. The fourth-order valence-corrected chi connectivity index (χ4v) is 4.17. The second kappa shape index (κ2) is 5.41. The molecule has 0 fully saturated rings. The Labute approximate surface area is 104 Å². The summed E-state index contributed by atoms with van der Waals surface area (Å²) in [5.74, 6) is 0.447. The van der Waals surface area contributed by atoms with Gasteiger partial charge in [0.2, 0.25) is 0 Å². The molecule has 0 spiro atoms. The first-order valence-corrected chi connectivity index (χ1v) is 8.23. The van der Waals surface area contributed by atoms with Crippen LogP contribution >= 0.6 is 35.3 Å². The molecule has 1 nitrogen and oxygen atoms in total. The Morgan fingerprint density at radius 1 is 0.733 bits per heavy atom. The Balaban J connectivity index is 3.57. The number of benzene rings is 1. The Morgan fingerprint density at radius 3 is 1.33 bits per heavy atom. The van der Waals surface area contributed by atoms with E-state index < -0.39 is 0 Å². The minimum atomic E-state index is 0.447. The number of hydrogen-bond donors (Lipinski definition) is 1. The Hall–Kier alpha value is 0.0700. The summed E-state index contributed by atoms with van der Waals surface area (Å²) in [5.41, 5.74) is 2.39. The molecule has 0 bridgehead atoms. The van der Waals surface area contributed by atoms with Gasteiger partial charge in [0.05, 0.1) is 9.79 Å². The number of hydrogen-bond acceptors (Lipinski definition) is 4. The quantitative estimate of drug-likeness (QED) is 0.822. The van der Waals surface area contributed by atoms with Crippen molar-refractivity contribution in [3.63, 3.8) is 0 Å². The zero-order valence-corrected chi connectivity index (χ0v) is 12.1. The summed E-state index contributed by atoms with van der Waals surface area (Å²) < 4.78 is 0. The Morgan fingerprint density at radius 2 is 1.07 bits per heavy atom. The zero-order chi connectivity index (χ0) is 11.6. The van der Waals surface area contributed by atoms with E-state index in [4.69, 9.17) is 0 Å². The number of phenols is 1. The SMILES string of the molecule is CSc1c(C)c(SC)c(O)c(SC)c1C. The van der Waals surface area contributed by atoms with Crippen LogP contribution in [0.4, 0.5) is 0 Å². The van der Waals surface area contributed by atoms with Crippen molar-refractivity contribution >= 4 is 35.3 Å². The van der Waals surface area contributed by atoms with E-state index in [-0.39, 0.29) is 0 Å². The van der Waals surface area contributed by atoms with E-state index >= 15 is 0 Å². The van der Waals surface area contributed by atoms with E-state index in [1.807, 2.05) is 12.5 Å². The molecule has 0 amide bonds. The van der Waals surface area contributed by atoms with Gasteiger partial charge in [-0.25, -0.2) is 0 Å². The summed E-state index contributed by atoms with van der Waals surface area (Å²) in [5, 5.41) is 10.1. The van der Waals surface area contributed by atoms with Crippen LogP contribution < -0.4 is 0 Å². The number of rotatable bonds is 3. The number of thioether (sulfide) groups is 3. The molecule has 1 aromatic rings. The molecular formula is C11H16OS3. The van der Waals surface area contributed by atoms with Crippen molar-refractivity contribution in [3.05, 3.63) is 11.1 Å². The molecule has 84 valence electrons. The topological polar surface area (TPSA) is 20.2 Å². The Bertz CT molecular complexity index is 296. The fourth-order valence-electron chi connectivity index (χ4n) is 1.75. The Kier molecular flexibility index (Phi) is 4.74. The van der Waals surface area contributed by atoms with Crippen molar-refractivity contribution in [2.75, 3.05) is 18.8 Å². The van der Waals surface area contributed by atoms with Gasteiger partial charge in [0.15, 0.2) is 0 Å². The third-order valence-corrected chi connectivity index (χ3v) is 5.24. The van der Waals surface area contributed by atoms with Crippen LogP contribution in [0.1, 0.15) is 11.1 Å². The van der Waals surface area contributed by atoms with E-state index in [0.717, 1.165) is 9.79 Å². The number of aromatic hydroxyl groups is 1. The van der Waals surface area contributed by atoms with Gasteiger partial charge >= 0.3 is 0 Å². The van der Waals surface area contributed by atoms with Gasteiger partial charge in [0, 0.05) is 4.90 Å². The molecule has 0 unspecified atom stereocenters. The van der Waals surface area contributed by atoms with Gasteiger partial charge < -0.3 is 5.11 Å². The smallest absolute Gasteiger partial charge is 0.143 e. The van der Waals surface area contributed by atoms with Crippen molar-refractivity contribution in [1.82, 2.24) is 0 Å². The van der Waals surface area contributed by atoms with Crippen LogP contribution in [0.25, 0.3) is 0 Å². The summed E-state index contributed by atoms with van der Waals surface area (Å²) in [6.45, 7) is 4.16. The van der Waals surface area contributed by atoms with E-state index in [0.29, 0.717) is 5.75 Å². The van der Waals surface area contributed by atoms with Gasteiger partial charge in [-0.05, 0) is 43.7 Å². The van der Waals surface area contributed by atoms with E-state index in [1.54, 1.807) is 35.3 Å². The molecule has 0 aliphatic rings. The molecule has 1 aromatic carbocycles. The van der Waals surface area contributed by atoms with Gasteiger partial charge in [-0.2, -0.15) is 0 Å². The van der Waals surface area contributed by atoms with Crippen molar-refractivity contribution in [1.29, 1.82) is 0 Å². The summed E-state index contributed by atoms with van der Waals surface area (Å²) in [6, 6.07) is 0. The van der Waals surface area contributed by atoms with Gasteiger partial charge in [-0.3, -0.25) is 0 Å². The highest BCUT2D eigenvalue weighted by Crippen LogP contribution is 2.44. The molecular weight excluding hydrogens is 244 g/mol. The molecule has 0 heterocycles. The van der Waals surface area contributed by atoms with Crippen molar-refractivity contribution in [2.24, 2.45) is 0 Å². The first-order valence-electron chi connectivity index (χ1n) is 4.56. The molecule has 0 atom stereocenters. The van der Waals surface area contributed by atoms with Crippen LogP contribution in [0.15, 0.2) is 14.7 Å². The first kappa shape index (κ1) is 13.1. The monoisotopic (exact) mass is 260 g/mol. The van der Waals surface area contributed by atoms with Crippen molar-refractivity contribution in [3.8, 4) is 5.75 Å². The molecule has 0 aliphatic carbocycles. The summed E-state index contributed by atoms with van der Waals surface area (Å²) in [4.78, 5) is 3.31.